The van der Waals surface area contributed by atoms with Crippen LogP contribution in [0.4, 0.5) is 23.1 Å². The predicted octanol–water partition coefficient (Wildman–Crippen LogP) is 6.28. The van der Waals surface area contributed by atoms with E-state index >= 15 is 0 Å². The Morgan fingerprint density at radius 1 is 0.929 bits per heavy atom. The van der Waals surface area contributed by atoms with Crippen LogP contribution in [0.2, 0.25) is 0 Å². The number of nitrogens with one attached hydrogen (secondary N) is 2. The molecule has 0 bridgehead atoms. The first-order chi connectivity index (χ1) is 20.6. The zero-order valence-electron chi connectivity index (χ0n) is 24.5. The highest BCUT2D eigenvalue weighted by Gasteiger charge is 2.24. The van der Waals surface area contributed by atoms with Gasteiger partial charge in [0.25, 0.3) is 0 Å². The summed E-state index contributed by atoms with van der Waals surface area (Å²) in [5.74, 6) is 2.79. The van der Waals surface area contributed by atoms with Crippen LogP contribution in [0.5, 0.6) is 11.5 Å². The van der Waals surface area contributed by atoms with E-state index in [1.54, 1.807) is 7.11 Å². The average Bonchev–Trinajstić information content (AvgIpc) is 3.49. The highest BCUT2D eigenvalue weighted by atomic mass is 16.5. The number of hydrogen-bond donors (Lipinski definition) is 2. The smallest absolute Gasteiger partial charge is 0.229 e. The van der Waals surface area contributed by atoms with Gasteiger partial charge in [-0.05, 0) is 55.1 Å². The van der Waals surface area contributed by atoms with Crippen molar-refractivity contribution in [3.8, 4) is 11.5 Å². The zero-order valence-corrected chi connectivity index (χ0v) is 24.5. The fraction of sp³-hybridized carbons (Fsp3) is 0.303. The Labute approximate surface area is 248 Å². The topological polar surface area (TPSA) is 87.1 Å². The molecule has 1 aromatic heterocycles. The fourth-order valence-corrected chi connectivity index (χ4v) is 4.87. The number of rotatable bonds is 14. The highest BCUT2D eigenvalue weighted by molar-refractivity contribution is 5.76. The molecule has 0 spiro atoms. The third kappa shape index (κ3) is 7.55. The number of hydrazone groups is 1. The van der Waals surface area contributed by atoms with E-state index in [9.17, 15) is 0 Å². The summed E-state index contributed by atoms with van der Waals surface area (Å²) >= 11 is 0. The van der Waals surface area contributed by atoms with Gasteiger partial charge in [-0.2, -0.15) is 10.1 Å². The van der Waals surface area contributed by atoms with E-state index in [1.807, 2.05) is 67.0 Å². The van der Waals surface area contributed by atoms with Crippen LogP contribution >= 0.6 is 0 Å². The highest BCUT2D eigenvalue weighted by Crippen LogP contribution is 2.33. The van der Waals surface area contributed by atoms with Gasteiger partial charge in [-0.1, -0.05) is 56.3 Å². The maximum absolute atomic E-state index is 5.93. The second kappa shape index (κ2) is 14.3. The number of benzene rings is 3. The van der Waals surface area contributed by atoms with E-state index in [0.717, 1.165) is 61.2 Å². The van der Waals surface area contributed by atoms with Gasteiger partial charge in [0.15, 0.2) is 0 Å². The molecule has 9 nitrogen and oxygen atoms in total. The third-order valence-corrected chi connectivity index (χ3v) is 7.28. The summed E-state index contributed by atoms with van der Waals surface area (Å²) in [4.78, 5) is 11.9. The Morgan fingerprint density at radius 2 is 1.69 bits per heavy atom. The number of hydrogen-bond acceptors (Lipinski definition) is 9. The van der Waals surface area contributed by atoms with Gasteiger partial charge in [-0.3, -0.25) is 5.01 Å². The van der Waals surface area contributed by atoms with Crippen molar-refractivity contribution >= 4 is 29.4 Å². The van der Waals surface area contributed by atoms with Gasteiger partial charge in [0, 0.05) is 42.7 Å². The van der Waals surface area contributed by atoms with Gasteiger partial charge in [-0.15, -0.1) is 0 Å². The Hall–Kier alpha value is -4.63. The number of ether oxygens (including phenoxy) is 2. The molecule has 3 aromatic carbocycles. The maximum atomic E-state index is 5.93. The molecule has 218 valence electrons. The second-order valence-electron chi connectivity index (χ2n) is 10.1. The summed E-state index contributed by atoms with van der Waals surface area (Å²) in [6, 6.07) is 26.0. The molecule has 42 heavy (non-hydrogen) atoms. The summed E-state index contributed by atoms with van der Waals surface area (Å²) in [5.41, 5.74) is 3.88. The lowest BCUT2D eigenvalue weighted by molar-refractivity contribution is 0.223. The number of likely N-dealkylation sites (N-methyl/N-ethyl adjacent to an activating group) is 1. The van der Waals surface area contributed by atoms with Gasteiger partial charge in [-0.25, -0.2) is 4.98 Å². The number of aromatic nitrogens is 2. The van der Waals surface area contributed by atoms with Crippen molar-refractivity contribution in [1.29, 1.82) is 0 Å². The van der Waals surface area contributed by atoms with Gasteiger partial charge < -0.3 is 25.0 Å². The number of nitrogens with zero attached hydrogens (tertiary/aromatic N) is 5. The lowest BCUT2D eigenvalue weighted by Crippen LogP contribution is -2.27. The normalized spacial score (nSPS) is 14.3. The molecule has 1 aliphatic heterocycles. The molecule has 0 aliphatic carbocycles. The largest absolute Gasteiger partial charge is 0.495 e. The van der Waals surface area contributed by atoms with Crippen molar-refractivity contribution in [1.82, 2.24) is 19.9 Å². The van der Waals surface area contributed by atoms with Crippen LogP contribution in [0.25, 0.3) is 0 Å². The summed E-state index contributed by atoms with van der Waals surface area (Å²) in [7, 11) is 1.66. The van der Waals surface area contributed by atoms with Crippen molar-refractivity contribution in [3.05, 3.63) is 96.2 Å². The van der Waals surface area contributed by atoms with Crippen molar-refractivity contribution in [2.24, 2.45) is 5.10 Å². The summed E-state index contributed by atoms with van der Waals surface area (Å²) < 4.78 is 11.5. The van der Waals surface area contributed by atoms with E-state index in [1.165, 1.54) is 5.56 Å². The monoisotopic (exact) mass is 565 g/mol. The van der Waals surface area contributed by atoms with Crippen LogP contribution in [-0.2, 0) is 6.54 Å². The van der Waals surface area contributed by atoms with Crippen LogP contribution < -0.4 is 20.1 Å². The zero-order chi connectivity index (χ0) is 29.1. The molecule has 5 rings (SSSR count). The average molecular weight is 566 g/mol. The molecule has 0 fully saturated rings. The predicted molar refractivity (Wildman–Crippen MR) is 169 cm³/mol. The van der Waals surface area contributed by atoms with E-state index in [4.69, 9.17) is 14.5 Å². The third-order valence-electron chi connectivity index (χ3n) is 7.28. The minimum atomic E-state index is 0.0349. The first kappa shape index (κ1) is 28.9. The second-order valence-corrected chi connectivity index (χ2v) is 10.1. The standard InChI is InChI=1S/C33H39N7O2/c1-4-39(5-2)19-20-42-28-17-15-27(16-18-28)36-33-34-22-29(32(38-33)37-30-13-9-10-14-31(30)41-3)26-21-35-40(24-26)23-25-11-7-6-8-12-25/h6-18,21-22,26H,4-5,19-20,23-24H2,1-3H3,(H2,34,36,37,38). The van der Waals surface area contributed by atoms with E-state index < -0.39 is 0 Å². The van der Waals surface area contributed by atoms with Crippen LogP contribution in [0.15, 0.2) is 90.2 Å². The van der Waals surface area contributed by atoms with E-state index in [2.05, 4.69) is 68.7 Å². The van der Waals surface area contributed by atoms with Crippen molar-refractivity contribution < 1.29 is 9.47 Å². The summed E-state index contributed by atoms with van der Waals surface area (Å²) in [6.07, 6.45) is 3.85. The van der Waals surface area contributed by atoms with Crippen LogP contribution in [-0.4, -0.2) is 66.0 Å². The number of para-hydroxylation sites is 2. The number of methoxy groups -OCH3 is 1. The minimum Gasteiger partial charge on any atom is -0.495 e. The fourth-order valence-electron chi connectivity index (χ4n) is 4.87. The van der Waals surface area contributed by atoms with Crippen LogP contribution in [0.1, 0.15) is 30.9 Å². The Balaban J connectivity index is 1.31. The lowest BCUT2D eigenvalue weighted by atomic mass is 10.0. The molecule has 1 aliphatic rings. The molecule has 9 heteroatoms. The van der Waals surface area contributed by atoms with Crippen molar-refractivity contribution in [2.75, 3.05) is 50.5 Å². The summed E-state index contributed by atoms with van der Waals surface area (Å²) in [5, 5.41) is 13.6. The van der Waals surface area contributed by atoms with Crippen LogP contribution in [0.3, 0.4) is 0 Å². The molecular formula is C33H39N7O2. The minimum absolute atomic E-state index is 0.0349. The Bertz CT molecular complexity index is 1440. The van der Waals surface area contributed by atoms with E-state index in [0.29, 0.717) is 18.4 Å². The van der Waals surface area contributed by atoms with Gasteiger partial charge in [0.2, 0.25) is 5.95 Å². The SMILES string of the molecule is CCN(CC)CCOc1ccc(Nc2ncc(C3C=NN(Cc4ccccc4)C3)c(Nc3ccccc3OC)n2)cc1. The molecule has 0 amide bonds. The van der Waals surface area contributed by atoms with Crippen molar-refractivity contribution in [3.63, 3.8) is 0 Å². The first-order valence-electron chi connectivity index (χ1n) is 14.5. The van der Waals surface area contributed by atoms with Gasteiger partial charge in [0.1, 0.15) is 23.9 Å². The molecule has 0 saturated heterocycles. The molecule has 1 atom stereocenters. The quantitative estimate of drug-likeness (QED) is 0.185. The molecule has 4 aromatic rings. The van der Waals surface area contributed by atoms with E-state index in [-0.39, 0.29) is 5.92 Å². The lowest BCUT2D eigenvalue weighted by Gasteiger charge is -2.19. The van der Waals surface area contributed by atoms with Gasteiger partial charge in [0.05, 0.1) is 19.3 Å². The molecule has 0 radical (unpaired) electrons. The molecule has 2 heterocycles. The summed E-state index contributed by atoms with van der Waals surface area (Å²) in [6.45, 7) is 9.43. The van der Waals surface area contributed by atoms with Gasteiger partial charge >= 0.3 is 0 Å². The molecular weight excluding hydrogens is 526 g/mol. The molecule has 2 N–H and O–H groups in total. The number of anilines is 4. The first-order valence-corrected chi connectivity index (χ1v) is 14.5. The van der Waals surface area contributed by atoms with Crippen molar-refractivity contribution in [2.45, 2.75) is 26.3 Å². The molecule has 1 unspecified atom stereocenters. The Morgan fingerprint density at radius 3 is 2.45 bits per heavy atom. The Kier molecular flexibility index (Phi) is 9.85. The molecule has 0 saturated carbocycles. The van der Waals surface area contributed by atoms with Crippen LogP contribution in [0, 0.1) is 0 Å². The maximum Gasteiger partial charge on any atom is 0.229 e.